The van der Waals surface area contributed by atoms with Crippen LogP contribution in [0.4, 0.5) is 5.69 Å². The zero-order valence-electron chi connectivity index (χ0n) is 20.0. The Morgan fingerprint density at radius 1 is 1.29 bits per heavy atom. The average Bonchev–Trinajstić information content (AvgIpc) is 3.22. The van der Waals surface area contributed by atoms with Gasteiger partial charge in [-0.3, -0.25) is 15.2 Å². The lowest BCUT2D eigenvalue weighted by Crippen LogP contribution is -2.45. The van der Waals surface area contributed by atoms with Crippen LogP contribution in [0, 0.1) is 29.1 Å². The number of carbonyl (C=O) groups is 2. The molecule has 0 atom stereocenters. The van der Waals surface area contributed by atoms with Crippen molar-refractivity contribution in [1.82, 2.24) is 10.4 Å². The van der Waals surface area contributed by atoms with E-state index < -0.39 is 5.97 Å². The monoisotopic (exact) mass is 481 g/mol. The summed E-state index contributed by atoms with van der Waals surface area (Å²) in [4.78, 5) is 30.2. The lowest BCUT2D eigenvalue weighted by molar-refractivity contribution is -0.124. The lowest BCUT2D eigenvalue weighted by atomic mass is 9.82. The predicted molar refractivity (Wildman–Crippen MR) is 133 cm³/mol. The first-order valence-corrected chi connectivity index (χ1v) is 12.2. The Balaban J connectivity index is 1.90. The number of ether oxygens (including phenoxy) is 1. The summed E-state index contributed by atoms with van der Waals surface area (Å²) in [5.74, 6) is 5.88. The minimum atomic E-state index is -1.10. The number of nitrogens with zero attached hydrogens (tertiary/aromatic N) is 2. The van der Waals surface area contributed by atoms with E-state index in [0.29, 0.717) is 16.5 Å². The quantitative estimate of drug-likeness (QED) is 0.310. The number of carbonyl (C=O) groups excluding carboxylic acids is 1. The molecule has 1 aliphatic carbocycles. The van der Waals surface area contributed by atoms with Gasteiger partial charge >= 0.3 is 5.97 Å². The lowest BCUT2D eigenvalue weighted by Gasteiger charge is -2.30. The number of pyridine rings is 1. The minimum Gasteiger partial charge on any atom is -0.477 e. The third-order valence-electron chi connectivity index (χ3n) is 5.40. The molecule has 3 rings (SSSR count). The molecule has 0 aliphatic heterocycles. The van der Waals surface area contributed by atoms with E-state index in [1.165, 1.54) is 17.5 Å². The van der Waals surface area contributed by atoms with Gasteiger partial charge in [0.25, 0.3) is 0 Å². The molecule has 34 heavy (non-hydrogen) atoms. The molecule has 0 unspecified atom stereocenters. The number of rotatable bonds is 7. The van der Waals surface area contributed by atoms with E-state index >= 15 is 0 Å². The molecule has 0 bridgehead atoms. The van der Waals surface area contributed by atoms with Crippen molar-refractivity contribution in [2.24, 2.45) is 17.3 Å². The molecule has 1 fully saturated rings. The molecule has 180 valence electrons. The molecule has 0 saturated heterocycles. The van der Waals surface area contributed by atoms with Crippen molar-refractivity contribution in [3.05, 3.63) is 52.8 Å². The van der Waals surface area contributed by atoms with Crippen molar-refractivity contribution >= 4 is 28.9 Å². The number of amides is 1. The normalized spacial score (nSPS) is 18.1. The van der Waals surface area contributed by atoms with Gasteiger partial charge in [0.1, 0.15) is 16.9 Å². The molecule has 1 aliphatic rings. The van der Waals surface area contributed by atoms with Gasteiger partial charge in [-0.2, -0.15) is 0 Å². The standard InChI is InChI=1S/C26H31N3O4S/c1-18-7-9-19(10-8-18)24(30)29(28-14-15-33-20-6-5-13-27-17-20)22-16-21(11-12-26(2,3)4)34-23(22)25(31)32/h5-6,13-19,28H,7-10H2,1-4H3,(H,31,32)/b15-14+. The Morgan fingerprint density at radius 3 is 2.65 bits per heavy atom. The molecule has 0 radical (unpaired) electrons. The van der Waals surface area contributed by atoms with Gasteiger partial charge in [0.15, 0.2) is 0 Å². The van der Waals surface area contributed by atoms with Crippen LogP contribution in [0.2, 0.25) is 0 Å². The van der Waals surface area contributed by atoms with E-state index in [1.54, 1.807) is 30.6 Å². The van der Waals surface area contributed by atoms with Gasteiger partial charge in [0.05, 0.1) is 23.0 Å². The molecule has 7 nitrogen and oxygen atoms in total. The maximum Gasteiger partial charge on any atom is 0.348 e. The predicted octanol–water partition coefficient (Wildman–Crippen LogP) is 5.45. The Labute approximate surface area is 204 Å². The van der Waals surface area contributed by atoms with Crippen LogP contribution in [0.1, 0.15) is 67.9 Å². The molecule has 1 saturated carbocycles. The molecular weight excluding hydrogens is 450 g/mol. The van der Waals surface area contributed by atoms with E-state index in [0.717, 1.165) is 37.0 Å². The molecule has 2 aromatic rings. The van der Waals surface area contributed by atoms with Gasteiger partial charge in [-0.05, 0) is 70.6 Å². The topological polar surface area (TPSA) is 91.8 Å². The van der Waals surface area contributed by atoms with Crippen LogP contribution in [0.5, 0.6) is 5.75 Å². The Bertz CT molecular complexity index is 1080. The van der Waals surface area contributed by atoms with Gasteiger partial charge in [-0.15, -0.1) is 11.3 Å². The first-order valence-electron chi connectivity index (χ1n) is 11.4. The second-order valence-electron chi connectivity index (χ2n) is 9.50. The number of hydrogen-bond acceptors (Lipinski definition) is 6. The highest BCUT2D eigenvalue weighted by atomic mass is 32.1. The van der Waals surface area contributed by atoms with Crippen LogP contribution in [-0.4, -0.2) is 22.0 Å². The summed E-state index contributed by atoms with van der Waals surface area (Å²) in [5, 5.41) is 11.2. The van der Waals surface area contributed by atoms with E-state index in [4.69, 9.17) is 4.74 Å². The Kier molecular flexibility index (Phi) is 8.35. The second-order valence-corrected chi connectivity index (χ2v) is 10.6. The molecule has 2 aromatic heterocycles. The number of aromatic nitrogens is 1. The number of anilines is 1. The Morgan fingerprint density at radius 2 is 2.03 bits per heavy atom. The summed E-state index contributed by atoms with van der Waals surface area (Å²) in [6.07, 6.45) is 9.58. The Hall–Kier alpha value is -3.31. The fourth-order valence-corrected chi connectivity index (χ4v) is 4.42. The van der Waals surface area contributed by atoms with E-state index in [2.05, 4.69) is 29.2 Å². The summed E-state index contributed by atoms with van der Waals surface area (Å²) >= 11 is 1.07. The number of thiophene rings is 1. The van der Waals surface area contributed by atoms with Crippen molar-refractivity contribution < 1.29 is 19.4 Å². The highest BCUT2D eigenvalue weighted by molar-refractivity contribution is 7.15. The number of carboxylic acid groups (broad SMARTS) is 1. The summed E-state index contributed by atoms with van der Waals surface area (Å²) < 4.78 is 5.51. The summed E-state index contributed by atoms with van der Waals surface area (Å²) in [5.41, 5.74) is 3.00. The third-order valence-corrected chi connectivity index (χ3v) is 6.43. The van der Waals surface area contributed by atoms with Gasteiger partial charge in [0.2, 0.25) is 5.91 Å². The average molecular weight is 482 g/mol. The van der Waals surface area contributed by atoms with Crippen LogP contribution in [0.3, 0.4) is 0 Å². The van der Waals surface area contributed by atoms with Gasteiger partial charge in [0, 0.05) is 17.5 Å². The highest BCUT2D eigenvalue weighted by Crippen LogP contribution is 2.34. The van der Waals surface area contributed by atoms with Crippen molar-refractivity contribution in [3.63, 3.8) is 0 Å². The maximum atomic E-state index is 13.5. The minimum absolute atomic E-state index is 0.0600. The zero-order valence-corrected chi connectivity index (χ0v) is 20.8. The van der Waals surface area contributed by atoms with Gasteiger partial charge in [-0.25, -0.2) is 9.80 Å². The molecule has 0 aromatic carbocycles. The first kappa shape index (κ1) is 25.3. The second kappa shape index (κ2) is 11.2. The zero-order chi connectivity index (χ0) is 24.7. The fraction of sp³-hybridized carbons (Fsp3) is 0.423. The number of aromatic carboxylic acids is 1. The SMILES string of the molecule is CC1CCC(C(=O)N(N/C=C/Oc2cccnc2)c2cc(C#CC(C)(C)C)sc2C(=O)O)CC1. The smallest absolute Gasteiger partial charge is 0.348 e. The molecule has 0 spiro atoms. The number of carboxylic acids is 1. The summed E-state index contributed by atoms with van der Waals surface area (Å²) in [7, 11) is 0. The van der Waals surface area contributed by atoms with Crippen LogP contribution in [0.25, 0.3) is 0 Å². The summed E-state index contributed by atoms with van der Waals surface area (Å²) in [6, 6.07) is 5.17. The molecule has 2 heterocycles. The maximum absolute atomic E-state index is 13.5. The van der Waals surface area contributed by atoms with Crippen LogP contribution in [-0.2, 0) is 4.79 Å². The van der Waals surface area contributed by atoms with Crippen molar-refractivity contribution in [3.8, 4) is 17.6 Å². The number of nitrogens with one attached hydrogen (secondary N) is 1. The van der Waals surface area contributed by atoms with Gasteiger partial charge < -0.3 is 9.84 Å². The molecule has 8 heteroatoms. The number of hydrazine groups is 1. The van der Waals surface area contributed by atoms with Crippen LogP contribution in [0.15, 0.2) is 43.1 Å². The third kappa shape index (κ3) is 7.09. The van der Waals surface area contributed by atoms with Crippen LogP contribution >= 0.6 is 11.3 Å². The highest BCUT2D eigenvalue weighted by Gasteiger charge is 2.32. The summed E-state index contributed by atoms with van der Waals surface area (Å²) in [6.45, 7) is 8.15. The number of hydrogen-bond donors (Lipinski definition) is 2. The largest absolute Gasteiger partial charge is 0.477 e. The van der Waals surface area contributed by atoms with Gasteiger partial charge in [-0.1, -0.05) is 18.8 Å². The molecule has 2 N–H and O–H groups in total. The van der Waals surface area contributed by atoms with Crippen LogP contribution < -0.4 is 15.2 Å². The van der Waals surface area contributed by atoms with E-state index in [1.807, 2.05) is 20.8 Å². The van der Waals surface area contributed by atoms with Crippen molar-refractivity contribution in [1.29, 1.82) is 0 Å². The molecule has 1 amide bonds. The van der Waals surface area contributed by atoms with E-state index in [9.17, 15) is 14.7 Å². The van der Waals surface area contributed by atoms with Crippen molar-refractivity contribution in [2.45, 2.75) is 53.4 Å². The van der Waals surface area contributed by atoms with E-state index in [-0.39, 0.29) is 27.8 Å². The van der Waals surface area contributed by atoms with Crippen molar-refractivity contribution in [2.75, 3.05) is 5.01 Å². The first-order chi connectivity index (χ1) is 16.1. The fourth-order valence-electron chi connectivity index (χ4n) is 3.59. The molecular formula is C26H31N3O4S.